The lowest BCUT2D eigenvalue weighted by atomic mass is 10.4. The Hall–Kier alpha value is -1.43. The Morgan fingerprint density at radius 1 is 1.77 bits per heavy atom. The molecule has 2 heterocycles. The van der Waals surface area contributed by atoms with Crippen LogP contribution < -0.4 is 9.88 Å². The molecule has 0 atom stereocenters. The molecule has 1 aliphatic rings. The Labute approximate surface area is 76.2 Å². The molecule has 4 nitrogen and oxygen atoms in total. The number of fused-ring (bicyclic) bond motifs is 1. The van der Waals surface area contributed by atoms with E-state index in [2.05, 4.69) is 4.98 Å². The fraction of sp³-hybridized carbons (Fsp3) is 0.143. The van der Waals surface area contributed by atoms with Crippen LogP contribution in [0.25, 0.3) is 12.3 Å². The van der Waals surface area contributed by atoms with E-state index in [0.29, 0.717) is 9.88 Å². The lowest BCUT2D eigenvalue weighted by Crippen LogP contribution is -2.36. The number of hydrogen-bond donors (Lipinski definition) is 1. The van der Waals surface area contributed by atoms with Crippen molar-refractivity contribution in [3.05, 3.63) is 15.1 Å². The maximum absolute atomic E-state index is 12.6. The average molecular weight is 200 g/mol. The third-order valence-electron chi connectivity index (χ3n) is 1.66. The Balaban J connectivity index is 2.54. The second-order valence-electron chi connectivity index (χ2n) is 2.48. The van der Waals surface area contributed by atoms with E-state index >= 15 is 0 Å². The van der Waals surface area contributed by atoms with Gasteiger partial charge in [-0.15, -0.1) is 0 Å². The highest BCUT2D eigenvalue weighted by molar-refractivity contribution is 7.07. The Bertz CT molecular complexity index is 467. The molecule has 0 bridgehead atoms. The normalized spacial score (nSPS) is 14.4. The number of rotatable bonds is 0. The Morgan fingerprint density at radius 2 is 2.54 bits per heavy atom. The summed E-state index contributed by atoms with van der Waals surface area (Å²) in [6, 6.07) is 0. The van der Waals surface area contributed by atoms with E-state index in [9.17, 15) is 9.18 Å². The van der Waals surface area contributed by atoms with E-state index in [0.717, 1.165) is 16.2 Å². The zero-order chi connectivity index (χ0) is 9.42. The van der Waals surface area contributed by atoms with E-state index in [4.69, 9.17) is 5.11 Å². The first kappa shape index (κ1) is 8.18. The first-order valence-corrected chi connectivity index (χ1v) is 4.32. The van der Waals surface area contributed by atoms with Crippen molar-refractivity contribution in [3.63, 3.8) is 0 Å². The molecule has 0 spiro atoms. The predicted octanol–water partition coefficient (Wildman–Crippen LogP) is -0.206. The number of aromatic nitrogens is 1. The summed E-state index contributed by atoms with van der Waals surface area (Å²) in [5, 5.41) is 8.63. The van der Waals surface area contributed by atoms with E-state index in [1.807, 2.05) is 0 Å². The highest BCUT2D eigenvalue weighted by Gasteiger charge is 2.11. The second-order valence-corrected chi connectivity index (χ2v) is 3.47. The fourth-order valence-electron chi connectivity index (χ4n) is 1.07. The standard InChI is InChI=1S/C7H5FN2O2S/c8-6-9-4-1-2-10(7(11)12)3-5(4)13-6/h1,3H,2H2,(H,11,12). The number of hydrogen-bond acceptors (Lipinski definition) is 3. The van der Waals surface area contributed by atoms with Crippen LogP contribution in [0.2, 0.25) is 0 Å². The molecule has 0 saturated heterocycles. The fourth-order valence-corrected chi connectivity index (χ4v) is 1.81. The van der Waals surface area contributed by atoms with E-state index in [1.165, 1.54) is 6.20 Å². The molecule has 2 rings (SSSR count). The smallest absolute Gasteiger partial charge is 0.411 e. The second kappa shape index (κ2) is 2.81. The van der Waals surface area contributed by atoms with E-state index < -0.39 is 11.4 Å². The molecule has 6 heteroatoms. The highest BCUT2D eigenvalue weighted by Crippen LogP contribution is 1.97. The van der Waals surface area contributed by atoms with Gasteiger partial charge in [-0.25, -0.2) is 9.78 Å². The van der Waals surface area contributed by atoms with Gasteiger partial charge in [0, 0.05) is 12.7 Å². The Kier molecular flexibility index (Phi) is 1.77. The average Bonchev–Trinajstić information content (AvgIpc) is 2.42. The van der Waals surface area contributed by atoms with Crippen LogP contribution in [0.1, 0.15) is 0 Å². The predicted molar refractivity (Wildman–Crippen MR) is 45.0 cm³/mol. The summed E-state index contributed by atoms with van der Waals surface area (Å²) in [6.45, 7) is 0.228. The van der Waals surface area contributed by atoms with Crippen molar-refractivity contribution in [1.29, 1.82) is 0 Å². The summed E-state index contributed by atoms with van der Waals surface area (Å²) in [4.78, 5) is 15.2. The summed E-state index contributed by atoms with van der Waals surface area (Å²) < 4.78 is 13.2. The molecule has 1 N–H and O–H groups in total. The maximum atomic E-state index is 12.6. The molecule has 1 aliphatic heterocycles. The van der Waals surface area contributed by atoms with Crippen molar-refractivity contribution < 1.29 is 14.3 Å². The molecular weight excluding hydrogens is 195 g/mol. The number of carboxylic acid groups (broad SMARTS) is 1. The number of thiazole rings is 1. The molecule has 1 aromatic rings. The maximum Gasteiger partial charge on any atom is 0.411 e. The summed E-state index contributed by atoms with van der Waals surface area (Å²) in [7, 11) is 0. The van der Waals surface area contributed by atoms with Crippen molar-refractivity contribution in [3.8, 4) is 0 Å². The van der Waals surface area contributed by atoms with Gasteiger partial charge in [-0.3, -0.25) is 4.90 Å². The monoisotopic (exact) mass is 200 g/mol. The summed E-state index contributed by atoms with van der Waals surface area (Å²) in [5.74, 6) is 0. The summed E-state index contributed by atoms with van der Waals surface area (Å²) >= 11 is 0.842. The molecular formula is C7H5FN2O2S. The quantitative estimate of drug-likeness (QED) is 0.630. The van der Waals surface area contributed by atoms with Crippen LogP contribution in [0.3, 0.4) is 0 Å². The zero-order valence-corrected chi connectivity index (χ0v) is 7.21. The molecule has 68 valence electrons. The van der Waals surface area contributed by atoms with Gasteiger partial charge in [0.1, 0.15) is 0 Å². The van der Waals surface area contributed by atoms with Gasteiger partial charge >= 0.3 is 6.09 Å². The van der Waals surface area contributed by atoms with Crippen LogP contribution in [0.5, 0.6) is 0 Å². The van der Waals surface area contributed by atoms with Gasteiger partial charge in [0.2, 0.25) is 0 Å². The first-order valence-electron chi connectivity index (χ1n) is 3.51. The van der Waals surface area contributed by atoms with Gasteiger partial charge in [0.05, 0.1) is 9.88 Å². The topological polar surface area (TPSA) is 53.4 Å². The van der Waals surface area contributed by atoms with Crippen molar-refractivity contribution in [1.82, 2.24) is 9.88 Å². The van der Waals surface area contributed by atoms with Crippen molar-refractivity contribution in [2.45, 2.75) is 0 Å². The Morgan fingerprint density at radius 3 is 3.23 bits per heavy atom. The van der Waals surface area contributed by atoms with Gasteiger partial charge in [0.15, 0.2) is 0 Å². The van der Waals surface area contributed by atoms with Crippen LogP contribution in [-0.4, -0.2) is 27.6 Å². The van der Waals surface area contributed by atoms with Crippen LogP contribution in [0.15, 0.2) is 0 Å². The minimum absolute atomic E-state index is 0.228. The van der Waals surface area contributed by atoms with Gasteiger partial charge in [-0.1, -0.05) is 11.3 Å². The molecule has 0 unspecified atom stereocenters. The third kappa shape index (κ3) is 1.40. The first-order chi connectivity index (χ1) is 6.16. The third-order valence-corrected chi connectivity index (χ3v) is 2.45. The highest BCUT2D eigenvalue weighted by atomic mass is 32.1. The minimum atomic E-state index is -1.05. The van der Waals surface area contributed by atoms with Gasteiger partial charge in [-0.2, -0.15) is 4.39 Å². The van der Waals surface area contributed by atoms with Crippen molar-refractivity contribution in [2.24, 2.45) is 0 Å². The molecule has 0 aliphatic carbocycles. The molecule has 0 radical (unpaired) electrons. The minimum Gasteiger partial charge on any atom is -0.465 e. The largest absolute Gasteiger partial charge is 0.465 e. The number of carbonyl (C=O) groups is 1. The van der Waals surface area contributed by atoms with Crippen LogP contribution in [-0.2, 0) is 0 Å². The van der Waals surface area contributed by atoms with E-state index in [-0.39, 0.29) is 6.54 Å². The molecule has 0 fully saturated rings. The number of nitrogens with zero attached hydrogens (tertiary/aromatic N) is 2. The van der Waals surface area contributed by atoms with Gasteiger partial charge in [0.25, 0.3) is 5.26 Å². The number of amides is 1. The van der Waals surface area contributed by atoms with Gasteiger partial charge in [-0.05, 0) is 6.08 Å². The van der Waals surface area contributed by atoms with Gasteiger partial charge < -0.3 is 5.11 Å². The molecule has 1 amide bonds. The lowest BCUT2D eigenvalue weighted by molar-refractivity contribution is 0.171. The molecule has 0 saturated carbocycles. The van der Waals surface area contributed by atoms with Crippen molar-refractivity contribution >= 4 is 29.7 Å². The lowest BCUT2D eigenvalue weighted by Gasteiger charge is -2.12. The SMILES string of the molecule is O=C(O)N1C=c2sc(F)nc2=CC1. The molecule has 1 aromatic heterocycles. The van der Waals surface area contributed by atoms with Crippen LogP contribution >= 0.6 is 11.3 Å². The van der Waals surface area contributed by atoms with Crippen LogP contribution in [0, 0.1) is 5.26 Å². The molecule has 0 aromatic carbocycles. The molecule has 13 heavy (non-hydrogen) atoms. The zero-order valence-electron chi connectivity index (χ0n) is 6.40. The van der Waals surface area contributed by atoms with Crippen molar-refractivity contribution in [2.75, 3.05) is 6.54 Å². The van der Waals surface area contributed by atoms with Crippen LogP contribution in [0.4, 0.5) is 9.18 Å². The van der Waals surface area contributed by atoms with E-state index in [1.54, 1.807) is 6.08 Å². The summed E-state index contributed by atoms with van der Waals surface area (Å²) in [5.41, 5.74) is 0. The summed E-state index contributed by atoms with van der Waals surface area (Å²) in [6.07, 6.45) is 1.93. The number of halogens is 1.